The highest BCUT2D eigenvalue weighted by atomic mass is 19.4. The summed E-state index contributed by atoms with van der Waals surface area (Å²) < 4.78 is 38.4. The Morgan fingerprint density at radius 1 is 0.868 bits per heavy atom. The van der Waals surface area contributed by atoms with E-state index in [-0.39, 0.29) is 17.3 Å². The second-order valence-corrected chi connectivity index (χ2v) is 7.68. The molecule has 0 fully saturated rings. The van der Waals surface area contributed by atoms with Crippen LogP contribution in [0.15, 0.2) is 83.2 Å². The summed E-state index contributed by atoms with van der Waals surface area (Å²) >= 11 is 0. The first kappa shape index (κ1) is 25.8. The molecule has 0 saturated heterocycles. The van der Waals surface area contributed by atoms with Crippen LogP contribution in [0.3, 0.4) is 0 Å². The highest BCUT2D eigenvalue weighted by Crippen LogP contribution is 2.34. The van der Waals surface area contributed by atoms with E-state index in [9.17, 15) is 38.1 Å². The van der Waals surface area contributed by atoms with Gasteiger partial charge in [0, 0.05) is 17.4 Å². The second-order valence-electron chi connectivity index (χ2n) is 7.68. The number of aromatic carboxylic acids is 2. The molecule has 0 amide bonds. The zero-order valence-corrected chi connectivity index (χ0v) is 19.0. The summed E-state index contributed by atoms with van der Waals surface area (Å²) in [5, 5.41) is 39.3. The van der Waals surface area contributed by atoms with Crippen LogP contribution in [0.1, 0.15) is 26.3 Å². The van der Waals surface area contributed by atoms with E-state index in [2.05, 4.69) is 25.5 Å². The number of aromatic nitrogens is 2. The van der Waals surface area contributed by atoms with Gasteiger partial charge in [0.1, 0.15) is 16.9 Å². The fourth-order valence-corrected chi connectivity index (χ4v) is 3.33. The van der Waals surface area contributed by atoms with Crippen molar-refractivity contribution in [1.82, 2.24) is 9.97 Å². The van der Waals surface area contributed by atoms with Crippen molar-refractivity contribution in [2.45, 2.75) is 6.18 Å². The Bertz CT molecular complexity index is 1520. The van der Waals surface area contributed by atoms with Gasteiger partial charge in [-0.3, -0.25) is 0 Å². The third-order valence-corrected chi connectivity index (χ3v) is 5.13. The lowest BCUT2D eigenvalue weighted by atomic mass is 10.1. The summed E-state index contributed by atoms with van der Waals surface area (Å²) in [7, 11) is 0. The predicted octanol–water partition coefficient (Wildman–Crippen LogP) is 6.42. The lowest BCUT2D eigenvalue weighted by Gasteiger charge is -2.10. The van der Waals surface area contributed by atoms with Crippen LogP contribution in [-0.4, -0.2) is 37.2 Å². The molecule has 10 nitrogen and oxygen atoms in total. The number of carbonyl (C=O) groups is 2. The summed E-state index contributed by atoms with van der Waals surface area (Å²) in [6, 6.07) is 14.5. The summed E-state index contributed by atoms with van der Waals surface area (Å²) in [5.41, 5.74) is -0.746. The zero-order chi connectivity index (χ0) is 27.4. The van der Waals surface area contributed by atoms with Crippen LogP contribution in [0.2, 0.25) is 0 Å². The first-order chi connectivity index (χ1) is 18.0. The molecule has 13 heteroatoms. The van der Waals surface area contributed by atoms with Crippen LogP contribution in [-0.2, 0) is 6.18 Å². The number of benzene rings is 3. The maximum absolute atomic E-state index is 12.8. The molecule has 4 rings (SSSR count). The Morgan fingerprint density at radius 3 is 2.11 bits per heavy atom. The van der Waals surface area contributed by atoms with E-state index in [0.29, 0.717) is 16.9 Å². The average Bonchev–Trinajstić information content (AvgIpc) is 2.88. The highest BCUT2D eigenvalue weighted by molar-refractivity contribution is 6.00. The van der Waals surface area contributed by atoms with Gasteiger partial charge in [-0.15, -0.1) is 5.11 Å². The second kappa shape index (κ2) is 10.3. The molecule has 0 aliphatic carbocycles. The molecule has 0 radical (unpaired) electrons. The molecule has 4 N–H and O–H groups in total. The number of nitrogens with one attached hydrogen (secondary N) is 1. The lowest BCUT2D eigenvalue weighted by molar-refractivity contribution is -0.137. The van der Waals surface area contributed by atoms with Gasteiger partial charge in [0.2, 0.25) is 5.95 Å². The number of rotatable bonds is 7. The van der Waals surface area contributed by atoms with Gasteiger partial charge in [-0.05, 0) is 48.5 Å². The van der Waals surface area contributed by atoms with Gasteiger partial charge >= 0.3 is 18.1 Å². The van der Waals surface area contributed by atoms with E-state index in [4.69, 9.17) is 0 Å². The van der Waals surface area contributed by atoms with Gasteiger partial charge in [-0.25, -0.2) is 19.6 Å². The molecular weight excluding hydrogens is 507 g/mol. The number of carboxylic acid groups (broad SMARTS) is 2. The van der Waals surface area contributed by atoms with Crippen molar-refractivity contribution in [1.29, 1.82) is 0 Å². The molecule has 1 aromatic heterocycles. The zero-order valence-electron chi connectivity index (χ0n) is 19.0. The van der Waals surface area contributed by atoms with E-state index in [1.165, 1.54) is 18.3 Å². The van der Waals surface area contributed by atoms with Crippen molar-refractivity contribution >= 4 is 34.9 Å². The van der Waals surface area contributed by atoms with Crippen molar-refractivity contribution < 1.29 is 38.1 Å². The highest BCUT2D eigenvalue weighted by Gasteiger charge is 2.30. The first-order valence-electron chi connectivity index (χ1n) is 10.6. The quantitative estimate of drug-likeness (QED) is 0.202. The molecule has 3 aromatic carbocycles. The van der Waals surface area contributed by atoms with Crippen LogP contribution < -0.4 is 5.32 Å². The fourth-order valence-electron chi connectivity index (χ4n) is 3.33. The van der Waals surface area contributed by atoms with E-state index in [1.807, 2.05) is 0 Å². The van der Waals surface area contributed by atoms with Gasteiger partial charge in [-0.1, -0.05) is 18.2 Å². The van der Waals surface area contributed by atoms with E-state index >= 15 is 0 Å². The van der Waals surface area contributed by atoms with E-state index < -0.39 is 40.6 Å². The summed E-state index contributed by atoms with van der Waals surface area (Å²) in [5.74, 6) is -3.89. The Morgan fingerprint density at radius 2 is 1.50 bits per heavy atom. The minimum absolute atomic E-state index is 0.102. The molecule has 0 spiro atoms. The number of halogens is 3. The van der Waals surface area contributed by atoms with Crippen molar-refractivity contribution in [3.63, 3.8) is 0 Å². The molecule has 1 heterocycles. The van der Waals surface area contributed by atoms with Crippen LogP contribution in [0, 0.1) is 0 Å². The Labute approximate surface area is 211 Å². The SMILES string of the molecule is O=C(O)c1cc(N=Nc2ccccc2-c2ccnc(Nc3ccc(C(F)(F)F)cc3)n2)cc(C(=O)O)c1O. The molecule has 4 aromatic rings. The number of alkyl halides is 3. The van der Waals surface area contributed by atoms with Gasteiger partial charge in [0.15, 0.2) is 0 Å². The molecule has 0 bridgehead atoms. The minimum Gasteiger partial charge on any atom is -0.506 e. The standard InChI is InChI=1S/C25H16F3N5O5/c26-25(27,28)13-5-7-14(8-6-13)30-24-29-10-9-19(31-24)16-3-1-2-4-20(16)33-32-15-11-17(22(35)36)21(34)18(12-15)23(37)38/h1-12,34H,(H,35,36)(H,37,38)(H,29,30,31). The Kier molecular flexibility index (Phi) is 7.01. The third kappa shape index (κ3) is 5.73. The van der Waals surface area contributed by atoms with Gasteiger partial charge in [-0.2, -0.15) is 18.3 Å². The van der Waals surface area contributed by atoms with Crippen LogP contribution in [0.5, 0.6) is 5.75 Å². The molecule has 192 valence electrons. The predicted molar refractivity (Wildman–Crippen MR) is 128 cm³/mol. The Balaban J connectivity index is 1.64. The maximum atomic E-state index is 12.8. The number of phenols is 1. The van der Waals surface area contributed by atoms with Crippen LogP contribution in [0.25, 0.3) is 11.3 Å². The minimum atomic E-state index is -4.46. The summed E-state index contributed by atoms with van der Waals surface area (Å²) in [6.07, 6.45) is -3.03. The summed E-state index contributed by atoms with van der Waals surface area (Å²) in [6.45, 7) is 0. The maximum Gasteiger partial charge on any atom is 0.416 e. The van der Waals surface area contributed by atoms with Gasteiger partial charge in [0.25, 0.3) is 0 Å². The van der Waals surface area contributed by atoms with E-state index in [0.717, 1.165) is 24.3 Å². The van der Waals surface area contributed by atoms with Gasteiger partial charge < -0.3 is 20.6 Å². The first-order valence-corrected chi connectivity index (χ1v) is 10.6. The molecule has 0 aliphatic rings. The monoisotopic (exact) mass is 523 g/mol. The molecule has 0 atom stereocenters. The fraction of sp³-hybridized carbons (Fsp3) is 0.0400. The lowest BCUT2D eigenvalue weighted by Crippen LogP contribution is -2.04. The molecular formula is C25H16F3N5O5. The summed E-state index contributed by atoms with van der Waals surface area (Å²) in [4.78, 5) is 31.2. The number of nitrogens with zero attached hydrogens (tertiary/aromatic N) is 4. The van der Waals surface area contributed by atoms with Gasteiger partial charge in [0.05, 0.1) is 22.6 Å². The van der Waals surface area contributed by atoms with Crippen molar-refractivity contribution in [3.05, 3.63) is 89.6 Å². The molecule has 0 unspecified atom stereocenters. The Hall–Kier alpha value is -5.33. The number of hydrogen-bond donors (Lipinski definition) is 4. The smallest absolute Gasteiger partial charge is 0.416 e. The van der Waals surface area contributed by atoms with Crippen LogP contribution >= 0.6 is 0 Å². The molecule has 0 saturated carbocycles. The average molecular weight is 523 g/mol. The van der Waals surface area contributed by atoms with Crippen LogP contribution in [0.4, 0.5) is 36.2 Å². The molecule has 38 heavy (non-hydrogen) atoms. The number of anilines is 2. The van der Waals surface area contributed by atoms with Crippen molar-refractivity contribution in [2.24, 2.45) is 10.2 Å². The third-order valence-electron chi connectivity index (χ3n) is 5.13. The van der Waals surface area contributed by atoms with E-state index in [1.54, 1.807) is 30.3 Å². The topological polar surface area (TPSA) is 157 Å². The number of carboxylic acids is 2. The number of aromatic hydroxyl groups is 1. The van der Waals surface area contributed by atoms with Crippen molar-refractivity contribution in [3.8, 4) is 17.0 Å². The molecule has 0 aliphatic heterocycles. The number of hydrogen-bond acceptors (Lipinski definition) is 8. The normalized spacial score (nSPS) is 11.4. The number of azo groups is 1. The van der Waals surface area contributed by atoms with Crippen molar-refractivity contribution in [2.75, 3.05) is 5.32 Å². The largest absolute Gasteiger partial charge is 0.506 e.